The zero-order valence-electron chi connectivity index (χ0n) is 40.3. The Hall–Kier alpha value is -8.55. The third-order valence-electron chi connectivity index (χ3n) is 14.7. The zero-order chi connectivity index (χ0) is 49.1. The van der Waals surface area contributed by atoms with Gasteiger partial charge in [-0.15, -0.1) is 12.6 Å². The molecule has 3 heterocycles. The largest absolute Gasteiger partial charge is 0.311 e. The molecule has 0 unspecified atom stereocenters. The number of fused-ring (bicyclic) bond motifs is 6. The lowest BCUT2D eigenvalue weighted by Gasteiger charge is -2.45. The molecule has 11 aromatic carbocycles. The van der Waals surface area contributed by atoms with Gasteiger partial charge in [0.25, 0.3) is 6.71 Å². The van der Waals surface area contributed by atoms with Gasteiger partial charge in [0.15, 0.2) is 7.28 Å². The van der Waals surface area contributed by atoms with E-state index in [1.165, 1.54) is 54.0 Å². The third kappa shape index (κ3) is 7.52. The van der Waals surface area contributed by atoms with E-state index in [1.807, 2.05) is 11.8 Å². The second-order valence-electron chi connectivity index (χ2n) is 19.0. The highest BCUT2D eigenvalue weighted by Gasteiger charge is 2.45. The SMILES string of the molecule is Sc1ccccc1-c1cc(N(c2ccccc2)c2ccccc2)cc2c1Bc1cc3c(cc1S2)N(c1ccccc1)c1cc(N(c2ccccc2)c2ccccc2)cc2c1B3c1ccccc1N2c1ccccc1. The highest BCUT2D eigenvalue weighted by molar-refractivity contribution is 8.00. The van der Waals surface area contributed by atoms with E-state index >= 15 is 0 Å². The fourth-order valence-corrected chi connectivity index (χ4v) is 13.0. The van der Waals surface area contributed by atoms with E-state index < -0.39 is 0 Å². The first-order valence-corrected chi connectivity index (χ1v) is 26.5. The molecule has 0 saturated heterocycles. The van der Waals surface area contributed by atoms with Gasteiger partial charge in [0.2, 0.25) is 0 Å². The van der Waals surface area contributed by atoms with Crippen LogP contribution < -0.4 is 46.9 Å². The van der Waals surface area contributed by atoms with Crippen LogP contribution >= 0.6 is 24.4 Å². The molecule has 0 aliphatic carbocycles. The third-order valence-corrected chi connectivity index (χ3v) is 16.3. The van der Waals surface area contributed by atoms with Crippen LogP contribution in [0.3, 0.4) is 0 Å². The Bertz CT molecular complexity index is 3810. The Morgan fingerprint density at radius 1 is 0.365 bits per heavy atom. The van der Waals surface area contributed by atoms with Crippen molar-refractivity contribution in [1.29, 1.82) is 0 Å². The molecule has 0 bridgehead atoms. The molecule has 0 spiro atoms. The second-order valence-corrected chi connectivity index (χ2v) is 20.6. The number of hydrogen-bond acceptors (Lipinski definition) is 6. The summed E-state index contributed by atoms with van der Waals surface area (Å²) in [6, 6.07) is 97.2. The summed E-state index contributed by atoms with van der Waals surface area (Å²) in [7, 11) is 0.775. The van der Waals surface area contributed by atoms with Crippen LogP contribution in [-0.4, -0.2) is 14.0 Å². The fourth-order valence-electron chi connectivity index (χ4n) is 11.6. The first-order valence-electron chi connectivity index (χ1n) is 25.2. The summed E-state index contributed by atoms with van der Waals surface area (Å²) in [5.41, 5.74) is 22.3. The Kier molecular flexibility index (Phi) is 11.0. The number of anilines is 12. The number of rotatable bonds is 9. The van der Waals surface area contributed by atoms with E-state index in [9.17, 15) is 0 Å². The summed E-state index contributed by atoms with van der Waals surface area (Å²) in [5, 5.41) is 0. The van der Waals surface area contributed by atoms with Crippen LogP contribution in [0.5, 0.6) is 0 Å². The van der Waals surface area contributed by atoms with Crippen LogP contribution in [0, 0.1) is 0 Å². The lowest BCUT2D eigenvalue weighted by Crippen LogP contribution is -2.62. The first-order chi connectivity index (χ1) is 36.6. The minimum absolute atomic E-state index is 0.0518. The summed E-state index contributed by atoms with van der Waals surface area (Å²) >= 11 is 7.01. The van der Waals surface area contributed by atoms with Gasteiger partial charge in [0, 0.05) is 77.2 Å². The molecule has 8 heteroatoms. The van der Waals surface area contributed by atoms with Crippen LogP contribution in [0.4, 0.5) is 68.2 Å². The highest BCUT2D eigenvalue weighted by atomic mass is 32.2. The Balaban J connectivity index is 1.02. The van der Waals surface area contributed by atoms with Crippen molar-refractivity contribution in [3.8, 4) is 11.1 Å². The molecular weight excluding hydrogens is 935 g/mol. The van der Waals surface area contributed by atoms with E-state index in [0.29, 0.717) is 0 Å². The van der Waals surface area contributed by atoms with E-state index in [1.54, 1.807) is 0 Å². The molecule has 0 amide bonds. The molecule has 348 valence electrons. The highest BCUT2D eigenvalue weighted by Crippen LogP contribution is 2.49. The van der Waals surface area contributed by atoms with Crippen molar-refractivity contribution in [2.45, 2.75) is 14.7 Å². The average molecular weight is 981 g/mol. The van der Waals surface area contributed by atoms with Crippen molar-refractivity contribution < 1.29 is 0 Å². The van der Waals surface area contributed by atoms with Gasteiger partial charge in [0.1, 0.15) is 0 Å². The van der Waals surface area contributed by atoms with E-state index in [0.717, 1.165) is 74.6 Å². The number of hydrogen-bond donors (Lipinski definition) is 1. The first kappa shape index (κ1) is 44.2. The van der Waals surface area contributed by atoms with Crippen molar-refractivity contribution in [2.75, 3.05) is 19.6 Å². The monoisotopic (exact) mass is 980 g/mol. The van der Waals surface area contributed by atoms with E-state index in [-0.39, 0.29) is 6.71 Å². The summed E-state index contributed by atoms with van der Waals surface area (Å²) in [6.45, 7) is -0.0518. The molecule has 74 heavy (non-hydrogen) atoms. The van der Waals surface area contributed by atoms with E-state index in [2.05, 4.69) is 287 Å². The molecule has 0 aromatic heterocycles. The standard InChI is InChI=1S/C66H46B2N4S2/c73-62-38-22-19-35-53(62)54-39-51(69(45-23-7-1-8-24-45)46-25-9-2-10-26-46)42-64-65(54)67-55-43-57-59(44-63(55)74-64)72(50-33-17-6-18-34-50)61-41-52(70(47-27-11-3-12-28-47)48-29-13-4-14-30-48)40-60-66(61)68(57)56-36-20-21-37-58(56)71(60)49-31-15-5-16-32-49/h1-44,67,73H. The maximum absolute atomic E-state index is 5.12. The van der Waals surface area contributed by atoms with Crippen molar-refractivity contribution >= 4 is 134 Å². The summed E-state index contributed by atoms with van der Waals surface area (Å²) < 4.78 is 0. The Morgan fingerprint density at radius 3 is 1.36 bits per heavy atom. The van der Waals surface area contributed by atoms with E-state index in [4.69, 9.17) is 12.6 Å². The predicted molar refractivity (Wildman–Crippen MR) is 320 cm³/mol. The van der Waals surface area contributed by atoms with Crippen LogP contribution in [0.1, 0.15) is 0 Å². The molecule has 0 radical (unpaired) electrons. The van der Waals surface area contributed by atoms with Crippen molar-refractivity contribution in [1.82, 2.24) is 0 Å². The van der Waals surface area contributed by atoms with Gasteiger partial charge in [-0.3, -0.25) is 0 Å². The second kappa shape index (κ2) is 18.5. The van der Waals surface area contributed by atoms with Crippen molar-refractivity contribution in [3.63, 3.8) is 0 Å². The molecule has 0 atom stereocenters. The smallest absolute Gasteiger partial charge is 0.252 e. The van der Waals surface area contributed by atoms with Gasteiger partial charge in [-0.1, -0.05) is 174 Å². The maximum atomic E-state index is 5.12. The summed E-state index contributed by atoms with van der Waals surface area (Å²) in [4.78, 5) is 13.3. The lowest BCUT2D eigenvalue weighted by molar-refractivity contribution is 1.22. The van der Waals surface area contributed by atoms with Gasteiger partial charge in [-0.05, 0) is 143 Å². The average Bonchev–Trinajstić information content (AvgIpc) is 3.54. The van der Waals surface area contributed by atoms with Gasteiger partial charge in [-0.2, -0.15) is 0 Å². The predicted octanol–water partition coefficient (Wildman–Crippen LogP) is 14.5. The molecule has 0 fully saturated rings. The molecule has 0 saturated carbocycles. The number of thiol groups is 1. The van der Waals surface area contributed by atoms with Crippen LogP contribution in [0.2, 0.25) is 0 Å². The maximum Gasteiger partial charge on any atom is 0.252 e. The topological polar surface area (TPSA) is 13.0 Å². The molecule has 14 rings (SSSR count). The van der Waals surface area contributed by atoms with Crippen LogP contribution in [-0.2, 0) is 0 Å². The number of nitrogens with zero attached hydrogens (tertiary/aromatic N) is 4. The number of benzene rings is 11. The molecule has 3 aliphatic heterocycles. The van der Waals surface area contributed by atoms with Gasteiger partial charge in [-0.25, -0.2) is 0 Å². The molecule has 4 nitrogen and oxygen atoms in total. The van der Waals surface area contributed by atoms with Crippen LogP contribution in [0.25, 0.3) is 11.1 Å². The van der Waals surface area contributed by atoms with Gasteiger partial charge in [0.05, 0.1) is 5.69 Å². The minimum atomic E-state index is -0.0518. The summed E-state index contributed by atoms with van der Waals surface area (Å²) in [6.07, 6.45) is 0. The normalized spacial score (nSPS) is 12.6. The molecular formula is C66H46B2N4S2. The lowest BCUT2D eigenvalue weighted by atomic mass is 9.33. The van der Waals surface area contributed by atoms with Gasteiger partial charge < -0.3 is 19.6 Å². The molecule has 3 aliphatic rings. The minimum Gasteiger partial charge on any atom is -0.311 e. The fraction of sp³-hybridized carbons (Fsp3) is 0. The number of para-hydroxylation sites is 7. The van der Waals surface area contributed by atoms with Crippen molar-refractivity contribution in [2.24, 2.45) is 0 Å². The molecule has 0 N–H and O–H groups in total. The summed E-state index contributed by atoms with van der Waals surface area (Å²) in [5.74, 6) is 0. The molecule has 11 aromatic rings. The quantitative estimate of drug-likeness (QED) is 0.114. The van der Waals surface area contributed by atoms with Crippen molar-refractivity contribution in [3.05, 3.63) is 267 Å². The van der Waals surface area contributed by atoms with Gasteiger partial charge >= 0.3 is 0 Å². The Labute approximate surface area is 443 Å². The Morgan fingerprint density at radius 2 is 0.824 bits per heavy atom. The zero-order valence-corrected chi connectivity index (χ0v) is 42.0. The van der Waals surface area contributed by atoms with Crippen LogP contribution in [0.15, 0.2) is 282 Å².